The van der Waals surface area contributed by atoms with E-state index in [-0.39, 0.29) is 11.5 Å². The third kappa shape index (κ3) is 2.97. The Bertz CT molecular complexity index is 1030. The van der Waals surface area contributed by atoms with Crippen molar-refractivity contribution < 1.29 is 4.74 Å². The second-order valence-electron chi connectivity index (χ2n) is 8.38. The van der Waals surface area contributed by atoms with E-state index in [1.807, 2.05) is 0 Å². The van der Waals surface area contributed by atoms with Gasteiger partial charge in [-0.2, -0.15) is 0 Å². The Morgan fingerprint density at radius 1 is 0.793 bits per heavy atom. The summed E-state index contributed by atoms with van der Waals surface area (Å²) in [5.74, 6) is 0.469. The average Bonchev–Trinajstić information content (AvgIpc) is 2.79. The van der Waals surface area contributed by atoms with Crippen LogP contribution in [0.2, 0.25) is 0 Å². The lowest BCUT2D eigenvalue weighted by atomic mass is 9.70. The van der Waals surface area contributed by atoms with Crippen molar-refractivity contribution in [1.82, 2.24) is 0 Å². The molecule has 1 nitrogen and oxygen atoms in total. The molecule has 144 valence electrons. The molecule has 0 radical (unpaired) electrons. The molecule has 0 fully saturated rings. The molecule has 0 saturated carbocycles. The SMILES string of the molecule is CC(C)c1cccc2c1C1OCC(c3ccccc3)(c3ccccc3)C=C1C=C2. The van der Waals surface area contributed by atoms with Crippen molar-refractivity contribution in [1.29, 1.82) is 0 Å². The molecule has 3 aromatic rings. The van der Waals surface area contributed by atoms with E-state index in [0.717, 1.165) is 0 Å². The molecule has 5 rings (SSSR count). The van der Waals surface area contributed by atoms with Crippen LogP contribution in [-0.2, 0) is 10.2 Å². The van der Waals surface area contributed by atoms with Crippen LogP contribution in [-0.4, -0.2) is 6.61 Å². The van der Waals surface area contributed by atoms with Gasteiger partial charge in [-0.15, -0.1) is 0 Å². The zero-order valence-corrected chi connectivity index (χ0v) is 17.0. The van der Waals surface area contributed by atoms with Gasteiger partial charge in [-0.05, 0) is 39.3 Å². The van der Waals surface area contributed by atoms with Gasteiger partial charge in [0.1, 0.15) is 6.10 Å². The van der Waals surface area contributed by atoms with Crippen LogP contribution in [0.15, 0.2) is 96.6 Å². The molecule has 0 saturated heterocycles. The van der Waals surface area contributed by atoms with Gasteiger partial charge < -0.3 is 4.74 Å². The number of ether oxygens (including phenoxy) is 1. The van der Waals surface area contributed by atoms with Gasteiger partial charge in [0.05, 0.1) is 12.0 Å². The predicted molar refractivity (Wildman–Crippen MR) is 120 cm³/mol. The zero-order chi connectivity index (χ0) is 19.8. The first-order chi connectivity index (χ1) is 14.2. The van der Waals surface area contributed by atoms with Crippen molar-refractivity contribution in [2.24, 2.45) is 0 Å². The summed E-state index contributed by atoms with van der Waals surface area (Å²) in [5, 5.41) is 0. The number of hydrogen-bond donors (Lipinski definition) is 0. The van der Waals surface area contributed by atoms with Crippen LogP contribution < -0.4 is 0 Å². The minimum Gasteiger partial charge on any atom is -0.367 e. The first-order valence-electron chi connectivity index (χ1n) is 10.5. The monoisotopic (exact) mass is 378 g/mol. The number of fused-ring (bicyclic) bond motifs is 3. The number of hydrogen-bond acceptors (Lipinski definition) is 1. The van der Waals surface area contributed by atoms with Crippen molar-refractivity contribution in [3.05, 3.63) is 124 Å². The lowest BCUT2D eigenvalue weighted by molar-refractivity contribution is 0.0449. The van der Waals surface area contributed by atoms with E-state index in [0.29, 0.717) is 12.5 Å². The van der Waals surface area contributed by atoms with E-state index in [1.54, 1.807) is 0 Å². The van der Waals surface area contributed by atoms with E-state index in [2.05, 4.69) is 111 Å². The second kappa shape index (κ2) is 7.17. The van der Waals surface area contributed by atoms with E-state index in [4.69, 9.17) is 4.74 Å². The van der Waals surface area contributed by atoms with Gasteiger partial charge in [-0.3, -0.25) is 0 Å². The highest BCUT2D eigenvalue weighted by Gasteiger charge is 2.40. The topological polar surface area (TPSA) is 9.23 Å². The number of benzene rings is 3. The fraction of sp³-hybridized carbons (Fsp3) is 0.214. The molecule has 1 heterocycles. The summed E-state index contributed by atoms with van der Waals surface area (Å²) in [6, 6.07) is 28.1. The first kappa shape index (κ1) is 18.1. The summed E-state index contributed by atoms with van der Waals surface area (Å²) in [7, 11) is 0. The second-order valence-corrected chi connectivity index (χ2v) is 8.38. The van der Waals surface area contributed by atoms with Crippen LogP contribution in [0.5, 0.6) is 0 Å². The minimum absolute atomic E-state index is 0.00847. The maximum Gasteiger partial charge on any atom is 0.108 e. The minimum atomic E-state index is -0.275. The Morgan fingerprint density at radius 3 is 2.07 bits per heavy atom. The largest absolute Gasteiger partial charge is 0.367 e. The highest BCUT2D eigenvalue weighted by Crippen LogP contribution is 2.47. The third-order valence-corrected chi connectivity index (χ3v) is 6.28. The quantitative estimate of drug-likeness (QED) is 0.486. The smallest absolute Gasteiger partial charge is 0.108 e. The molecule has 0 aromatic heterocycles. The summed E-state index contributed by atoms with van der Waals surface area (Å²) in [5.41, 5.74) is 7.53. The van der Waals surface area contributed by atoms with Crippen molar-refractivity contribution in [3.63, 3.8) is 0 Å². The molecular formula is C28H26O. The molecule has 0 bridgehead atoms. The van der Waals surface area contributed by atoms with E-state index in [1.165, 1.54) is 33.4 Å². The highest BCUT2D eigenvalue weighted by molar-refractivity contribution is 5.67. The lowest BCUT2D eigenvalue weighted by Gasteiger charge is -2.41. The van der Waals surface area contributed by atoms with E-state index < -0.39 is 0 Å². The molecule has 0 spiro atoms. The van der Waals surface area contributed by atoms with Crippen LogP contribution in [0.1, 0.15) is 53.7 Å². The average molecular weight is 379 g/mol. The summed E-state index contributed by atoms with van der Waals surface area (Å²) in [6.07, 6.45) is 6.95. The van der Waals surface area contributed by atoms with E-state index >= 15 is 0 Å². The van der Waals surface area contributed by atoms with Gasteiger partial charge in [0.2, 0.25) is 0 Å². The van der Waals surface area contributed by atoms with Crippen LogP contribution in [0.4, 0.5) is 0 Å². The van der Waals surface area contributed by atoms with Gasteiger partial charge in [-0.25, -0.2) is 0 Å². The summed E-state index contributed by atoms with van der Waals surface area (Å²) >= 11 is 0. The first-order valence-corrected chi connectivity index (χ1v) is 10.5. The molecular weight excluding hydrogens is 352 g/mol. The van der Waals surface area contributed by atoms with Crippen molar-refractivity contribution >= 4 is 6.08 Å². The van der Waals surface area contributed by atoms with Gasteiger partial charge in [-0.1, -0.05) is 111 Å². The van der Waals surface area contributed by atoms with Gasteiger partial charge in [0.25, 0.3) is 0 Å². The Hall–Kier alpha value is -2.90. The van der Waals surface area contributed by atoms with Crippen LogP contribution >= 0.6 is 0 Å². The fourth-order valence-electron chi connectivity index (χ4n) is 4.81. The molecule has 1 heteroatoms. The molecule has 2 aliphatic rings. The molecule has 0 N–H and O–H groups in total. The van der Waals surface area contributed by atoms with Crippen LogP contribution in [0, 0.1) is 0 Å². The normalized spacial score (nSPS) is 19.4. The Morgan fingerprint density at radius 2 is 1.45 bits per heavy atom. The molecule has 3 aromatic carbocycles. The molecule has 0 amide bonds. The van der Waals surface area contributed by atoms with Crippen molar-refractivity contribution in [2.45, 2.75) is 31.3 Å². The van der Waals surface area contributed by atoms with Crippen LogP contribution in [0.3, 0.4) is 0 Å². The predicted octanol–water partition coefficient (Wildman–Crippen LogP) is 6.82. The Kier molecular flexibility index (Phi) is 4.49. The Labute approximate surface area is 173 Å². The zero-order valence-electron chi connectivity index (χ0n) is 17.0. The van der Waals surface area contributed by atoms with Crippen molar-refractivity contribution in [2.75, 3.05) is 6.61 Å². The fourth-order valence-corrected chi connectivity index (χ4v) is 4.81. The van der Waals surface area contributed by atoms with Gasteiger partial charge >= 0.3 is 0 Å². The molecule has 1 aliphatic heterocycles. The van der Waals surface area contributed by atoms with Gasteiger partial charge in [0, 0.05) is 0 Å². The Balaban J connectivity index is 1.70. The molecule has 1 unspecified atom stereocenters. The molecule has 29 heavy (non-hydrogen) atoms. The summed E-state index contributed by atoms with van der Waals surface area (Å²) < 4.78 is 6.70. The molecule has 1 atom stereocenters. The lowest BCUT2D eigenvalue weighted by Crippen LogP contribution is -2.37. The maximum absolute atomic E-state index is 6.70. The molecule has 1 aliphatic carbocycles. The number of rotatable bonds is 3. The van der Waals surface area contributed by atoms with Gasteiger partial charge in [0.15, 0.2) is 0 Å². The summed E-state index contributed by atoms with van der Waals surface area (Å²) in [6.45, 7) is 5.16. The standard InChI is InChI=1S/C28H26O/c1-20(2)25-15-9-10-21-16-17-22-18-28(19-29-27(22)26(21)25,23-11-5-3-6-12-23)24-13-7-4-8-14-24/h3-18,20,27H,19H2,1-2H3. The van der Waals surface area contributed by atoms with Crippen LogP contribution in [0.25, 0.3) is 6.08 Å². The summed E-state index contributed by atoms with van der Waals surface area (Å²) in [4.78, 5) is 0. The van der Waals surface area contributed by atoms with E-state index in [9.17, 15) is 0 Å². The van der Waals surface area contributed by atoms with Crippen molar-refractivity contribution in [3.8, 4) is 0 Å². The third-order valence-electron chi connectivity index (χ3n) is 6.28. The highest BCUT2D eigenvalue weighted by atomic mass is 16.5. The maximum atomic E-state index is 6.70.